The lowest BCUT2D eigenvalue weighted by Gasteiger charge is -2.14. The van der Waals surface area contributed by atoms with E-state index in [1.54, 1.807) is 18.0 Å². The number of nitrogens with zero attached hydrogens (tertiary/aromatic N) is 1. The highest BCUT2D eigenvalue weighted by molar-refractivity contribution is 8.03. The summed E-state index contributed by atoms with van der Waals surface area (Å²) >= 11 is 1.65. The van der Waals surface area contributed by atoms with Gasteiger partial charge in [0.05, 0.1) is 5.03 Å². The molecule has 4 heteroatoms. The number of hydrogen-bond acceptors (Lipinski definition) is 4. The summed E-state index contributed by atoms with van der Waals surface area (Å²) in [5, 5.41) is 1.08. The average molecular weight is 265 g/mol. The van der Waals surface area contributed by atoms with Crippen LogP contribution in [0.2, 0.25) is 0 Å². The smallest absolute Gasteiger partial charge is 0.0920 e. The maximum atomic E-state index is 4.06. The molecule has 0 saturated carbocycles. The van der Waals surface area contributed by atoms with Gasteiger partial charge in [-0.1, -0.05) is 39.5 Å². The molecular weight excluding hydrogens is 242 g/mol. The zero-order valence-corrected chi connectivity index (χ0v) is 12.6. The molecule has 0 saturated heterocycles. The first-order chi connectivity index (χ1) is 8.84. The fourth-order valence-corrected chi connectivity index (χ4v) is 1.96. The second kappa shape index (κ2) is 10.7. The van der Waals surface area contributed by atoms with Crippen molar-refractivity contribution in [2.45, 2.75) is 39.5 Å². The minimum Gasteiger partial charge on any atom is -0.307 e. The first-order valence-corrected chi connectivity index (χ1v) is 7.14. The molecule has 0 amide bonds. The molecule has 18 heavy (non-hydrogen) atoms. The molecule has 1 aromatic rings. The second-order valence-electron chi connectivity index (χ2n) is 2.96. The zero-order chi connectivity index (χ0) is 13.8. The molecule has 1 aliphatic rings. The number of pyridine rings is 1. The van der Waals surface area contributed by atoms with Gasteiger partial charge < -0.3 is 5.43 Å². The Balaban J connectivity index is 0.000000659. The Morgan fingerprint density at radius 2 is 1.89 bits per heavy atom. The van der Waals surface area contributed by atoms with Crippen LogP contribution in [0.4, 0.5) is 0 Å². The molecule has 0 spiro atoms. The fraction of sp³-hybridized carbons (Fsp3) is 0.357. The fourth-order valence-electron chi connectivity index (χ4n) is 1.09. The van der Waals surface area contributed by atoms with Crippen molar-refractivity contribution in [2.75, 3.05) is 0 Å². The van der Waals surface area contributed by atoms with Gasteiger partial charge in [-0.3, -0.25) is 10.4 Å². The molecule has 0 unspecified atom stereocenters. The predicted molar refractivity (Wildman–Crippen MR) is 80.9 cm³/mol. The summed E-state index contributed by atoms with van der Waals surface area (Å²) in [6.45, 7) is 10.1. The summed E-state index contributed by atoms with van der Waals surface area (Å²) in [5.74, 6) is 0. The number of allylic oxidation sites excluding steroid dienone is 2. The van der Waals surface area contributed by atoms with Crippen molar-refractivity contribution in [3.8, 4) is 0 Å². The molecule has 2 N–H and O–H groups in total. The molecule has 0 fully saturated rings. The Morgan fingerprint density at radius 3 is 2.44 bits per heavy atom. The van der Waals surface area contributed by atoms with Gasteiger partial charge in [0.25, 0.3) is 0 Å². The molecular formula is C14H23N3S. The summed E-state index contributed by atoms with van der Waals surface area (Å²) < 4.78 is 0. The van der Waals surface area contributed by atoms with E-state index in [0.29, 0.717) is 0 Å². The summed E-state index contributed by atoms with van der Waals surface area (Å²) in [5.41, 5.74) is 7.25. The molecule has 1 aliphatic heterocycles. The minimum absolute atomic E-state index is 1.08. The van der Waals surface area contributed by atoms with Gasteiger partial charge in [0.1, 0.15) is 0 Å². The topological polar surface area (TPSA) is 37.0 Å². The van der Waals surface area contributed by atoms with Crippen molar-refractivity contribution in [1.82, 2.24) is 15.8 Å². The van der Waals surface area contributed by atoms with Crippen LogP contribution in [0.1, 0.15) is 34.6 Å². The van der Waals surface area contributed by atoms with E-state index >= 15 is 0 Å². The maximum Gasteiger partial charge on any atom is 0.0920 e. The first-order valence-electron chi connectivity index (χ1n) is 6.32. The van der Waals surface area contributed by atoms with E-state index in [0.717, 1.165) is 9.92 Å². The minimum atomic E-state index is 1.08. The Bertz CT molecular complexity index is 372. The van der Waals surface area contributed by atoms with E-state index in [9.17, 15) is 0 Å². The van der Waals surface area contributed by atoms with Crippen molar-refractivity contribution >= 4 is 11.8 Å². The van der Waals surface area contributed by atoms with Gasteiger partial charge in [-0.05, 0) is 30.7 Å². The van der Waals surface area contributed by atoms with Gasteiger partial charge in [0.2, 0.25) is 0 Å². The van der Waals surface area contributed by atoms with Gasteiger partial charge in [0, 0.05) is 23.5 Å². The van der Waals surface area contributed by atoms with E-state index in [4.69, 9.17) is 0 Å². The Hall–Kier alpha value is -1.42. The number of aromatic nitrogens is 1. The largest absolute Gasteiger partial charge is 0.307 e. The van der Waals surface area contributed by atoms with Crippen LogP contribution in [-0.4, -0.2) is 4.98 Å². The lowest BCUT2D eigenvalue weighted by Crippen LogP contribution is -2.27. The molecule has 0 aliphatic carbocycles. The number of hydrazine groups is 1. The summed E-state index contributed by atoms with van der Waals surface area (Å²) in [6.07, 6.45) is 7.64. The van der Waals surface area contributed by atoms with Crippen molar-refractivity contribution in [3.05, 3.63) is 47.4 Å². The van der Waals surface area contributed by atoms with Crippen molar-refractivity contribution in [2.24, 2.45) is 0 Å². The summed E-state index contributed by atoms with van der Waals surface area (Å²) in [6, 6.07) is 3.97. The van der Waals surface area contributed by atoms with Crippen LogP contribution < -0.4 is 10.9 Å². The SMILES string of the molecule is CC.CC.CC1=CNNC(Sc2cccnc2)=C1. The van der Waals surface area contributed by atoms with Gasteiger partial charge in [-0.2, -0.15) is 0 Å². The lowest BCUT2D eigenvalue weighted by molar-refractivity contribution is 0.747. The summed E-state index contributed by atoms with van der Waals surface area (Å²) in [4.78, 5) is 5.19. The third-order valence-corrected chi connectivity index (χ3v) is 2.63. The predicted octanol–water partition coefficient (Wildman–Crippen LogP) is 4.08. The van der Waals surface area contributed by atoms with E-state index in [2.05, 4.69) is 28.8 Å². The highest BCUT2D eigenvalue weighted by Gasteiger charge is 2.03. The standard InChI is InChI=1S/C10H11N3S.2C2H6/c1-8-5-10(13-12-6-8)14-9-3-2-4-11-7-9;2*1-2/h2-7,12-13H,1H3;2*1-2H3. The summed E-state index contributed by atoms with van der Waals surface area (Å²) in [7, 11) is 0. The van der Waals surface area contributed by atoms with Gasteiger partial charge in [0.15, 0.2) is 0 Å². The van der Waals surface area contributed by atoms with E-state index in [1.165, 1.54) is 5.57 Å². The highest BCUT2D eigenvalue weighted by atomic mass is 32.2. The Labute approximate surface area is 115 Å². The Morgan fingerprint density at radius 1 is 1.17 bits per heavy atom. The molecule has 3 nitrogen and oxygen atoms in total. The van der Waals surface area contributed by atoms with Crippen LogP contribution >= 0.6 is 11.8 Å². The third-order valence-electron chi connectivity index (χ3n) is 1.72. The van der Waals surface area contributed by atoms with Crippen LogP contribution in [0.15, 0.2) is 52.3 Å². The molecule has 2 rings (SSSR count). The van der Waals surface area contributed by atoms with E-state index < -0.39 is 0 Å². The average Bonchev–Trinajstić information content (AvgIpc) is 2.44. The van der Waals surface area contributed by atoms with E-state index in [-0.39, 0.29) is 0 Å². The molecule has 0 radical (unpaired) electrons. The van der Waals surface area contributed by atoms with Crippen LogP contribution in [0.3, 0.4) is 0 Å². The highest BCUT2D eigenvalue weighted by Crippen LogP contribution is 2.24. The normalized spacial score (nSPS) is 12.3. The van der Waals surface area contributed by atoms with Crippen LogP contribution in [0.25, 0.3) is 0 Å². The Kier molecular flexibility index (Phi) is 9.87. The monoisotopic (exact) mass is 265 g/mol. The van der Waals surface area contributed by atoms with Crippen LogP contribution in [0, 0.1) is 0 Å². The third kappa shape index (κ3) is 6.35. The van der Waals surface area contributed by atoms with Gasteiger partial charge >= 0.3 is 0 Å². The molecule has 100 valence electrons. The van der Waals surface area contributed by atoms with Gasteiger partial charge in [-0.25, -0.2) is 0 Å². The van der Waals surface area contributed by atoms with E-state index in [1.807, 2.05) is 52.2 Å². The first kappa shape index (κ1) is 16.6. The van der Waals surface area contributed by atoms with Crippen molar-refractivity contribution in [1.29, 1.82) is 0 Å². The number of thioether (sulfide) groups is 1. The van der Waals surface area contributed by atoms with Crippen LogP contribution in [-0.2, 0) is 0 Å². The van der Waals surface area contributed by atoms with Gasteiger partial charge in [-0.15, -0.1) is 0 Å². The lowest BCUT2D eigenvalue weighted by atomic mass is 10.3. The number of hydrogen-bond donors (Lipinski definition) is 2. The quantitative estimate of drug-likeness (QED) is 0.845. The number of rotatable bonds is 2. The van der Waals surface area contributed by atoms with Crippen molar-refractivity contribution in [3.63, 3.8) is 0 Å². The van der Waals surface area contributed by atoms with Crippen molar-refractivity contribution < 1.29 is 0 Å². The number of nitrogens with one attached hydrogen (secondary N) is 2. The molecule has 2 heterocycles. The maximum absolute atomic E-state index is 4.06. The molecule has 0 atom stereocenters. The zero-order valence-electron chi connectivity index (χ0n) is 11.8. The molecule has 1 aromatic heterocycles. The second-order valence-corrected chi connectivity index (χ2v) is 4.07. The van der Waals surface area contributed by atoms with Crippen LogP contribution in [0.5, 0.6) is 0 Å². The molecule has 0 aromatic carbocycles. The molecule has 0 bridgehead atoms.